The van der Waals surface area contributed by atoms with Crippen LogP contribution in [0.25, 0.3) is 0 Å². The fourth-order valence-electron chi connectivity index (χ4n) is 4.28. The van der Waals surface area contributed by atoms with E-state index in [2.05, 4.69) is 38.7 Å². The van der Waals surface area contributed by atoms with Gasteiger partial charge >= 0.3 is 0 Å². The topological polar surface area (TPSA) is 3.24 Å². The number of likely N-dealkylation sites (tertiary alicyclic amines) is 1. The van der Waals surface area contributed by atoms with E-state index in [1.807, 2.05) is 0 Å². The smallest absolute Gasteiger partial charge is 0.0190 e. The standard InChI is InChI=1S/C20H37N/c1-5-20(3,4)19-11-9-18(10-12-19)15-17(2)16-21-13-7-6-8-14-21/h15,18-19H,5-14,16H2,1-4H3. The van der Waals surface area contributed by atoms with Crippen LogP contribution in [-0.4, -0.2) is 24.5 Å². The number of piperidine rings is 1. The molecule has 21 heavy (non-hydrogen) atoms. The van der Waals surface area contributed by atoms with Gasteiger partial charge in [0.25, 0.3) is 0 Å². The Labute approximate surface area is 133 Å². The Morgan fingerprint density at radius 3 is 2.24 bits per heavy atom. The summed E-state index contributed by atoms with van der Waals surface area (Å²) in [5, 5.41) is 0. The van der Waals surface area contributed by atoms with Crippen LogP contribution in [0.4, 0.5) is 0 Å². The average Bonchev–Trinajstić information content (AvgIpc) is 2.48. The highest BCUT2D eigenvalue weighted by Gasteiger charge is 2.31. The van der Waals surface area contributed by atoms with Gasteiger partial charge in [-0.1, -0.05) is 45.3 Å². The van der Waals surface area contributed by atoms with E-state index in [0.717, 1.165) is 11.8 Å². The quantitative estimate of drug-likeness (QED) is 0.591. The van der Waals surface area contributed by atoms with Crippen LogP contribution in [0.5, 0.6) is 0 Å². The molecule has 0 atom stereocenters. The lowest BCUT2D eigenvalue weighted by atomic mass is 9.67. The molecule has 122 valence electrons. The van der Waals surface area contributed by atoms with Crippen LogP contribution in [0, 0.1) is 17.3 Å². The molecule has 0 spiro atoms. The maximum Gasteiger partial charge on any atom is 0.0190 e. The molecule has 1 heteroatoms. The lowest BCUT2D eigenvalue weighted by Gasteiger charge is -2.38. The van der Waals surface area contributed by atoms with E-state index in [0.29, 0.717) is 5.41 Å². The number of allylic oxidation sites excluding steroid dienone is 1. The molecule has 0 radical (unpaired) electrons. The summed E-state index contributed by atoms with van der Waals surface area (Å²) >= 11 is 0. The van der Waals surface area contributed by atoms with Crippen molar-refractivity contribution in [3.63, 3.8) is 0 Å². The lowest BCUT2D eigenvalue weighted by Crippen LogP contribution is -2.31. The van der Waals surface area contributed by atoms with Gasteiger partial charge in [0, 0.05) is 6.54 Å². The molecule has 0 aromatic rings. The number of hydrogen-bond acceptors (Lipinski definition) is 1. The van der Waals surface area contributed by atoms with Gasteiger partial charge in [0.05, 0.1) is 0 Å². The first-order valence-electron chi connectivity index (χ1n) is 9.41. The zero-order valence-corrected chi connectivity index (χ0v) is 15.0. The van der Waals surface area contributed by atoms with Crippen LogP contribution in [0.15, 0.2) is 11.6 Å². The normalized spacial score (nSPS) is 29.6. The highest BCUT2D eigenvalue weighted by atomic mass is 15.1. The van der Waals surface area contributed by atoms with Crippen molar-refractivity contribution in [3.8, 4) is 0 Å². The van der Waals surface area contributed by atoms with Crippen LogP contribution in [0.1, 0.15) is 79.1 Å². The first-order valence-corrected chi connectivity index (χ1v) is 9.41. The Morgan fingerprint density at radius 2 is 1.67 bits per heavy atom. The van der Waals surface area contributed by atoms with Crippen molar-refractivity contribution in [2.75, 3.05) is 19.6 Å². The van der Waals surface area contributed by atoms with E-state index in [9.17, 15) is 0 Å². The summed E-state index contributed by atoms with van der Waals surface area (Å²) in [4.78, 5) is 2.65. The van der Waals surface area contributed by atoms with Crippen LogP contribution in [-0.2, 0) is 0 Å². The van der Waals surface area contributed by atoms with Crippen LogP contribution in [0.3, 0.4) is 0 Å². The van der Waals surface area contributed by atoms with Crippen molar-refractivity contribution < 1.29 is 0 Å². The second kappa shape index (κ2) is 7.81. The minimum Gasteiger partial charge on any atom is -0.299 e. The van der Waals surface area contributed by atoms with E-state index in [1.165, 1.54) is 71.0 Å². The van der Waals surface area contributed by atoms with E-state index >= 15 is 0 Å². The van der Waals surface area contributed by atoms with Crippen LogP contribution >= 0.6 is 0 Å². The summed E-state index contributed by atoms with van der Waals surface area (Å²) in [6.07, 6.45) is 13.9. The molecule has 1 aliphatic heterocycles. The molecule has 2 rings (SSSR count). The van der Waals surface area contributed by atoms with Crippen molar-refractivity contribution in [3.05, 3.63) is 11.6 Å². The maximum atomic E-state index is 2.65. The highest BCUT2D eigenvalue weighted by Crippen LogP contribution is 2.42. The number of rotatable bonds is 5. The predicted octanol–water partition coefficient (Wildman–Crippen LogP) is 5.66. The minimum absolute atomic E-state index is 0.553. The zero-order chi connectivity index (χ0) is 15.3. The Bertz CT molecular complexity index is 328. The predicted molar refractivity (Wildman–Crippen MR) is 93.6 cm³/mol. The molecule has 1 heterocycles. The van der Waals surface area contributed by atoms with E-state index in [4.69, 9.17) is 0 Å². The summed E-state index contributed by atoms with van der Waals surface area (Å²) in [7, 11) is 0. The molecule has 1 aliphatic carbocycles. The monoisotopic (exact) mass is 291 g/mol. The van der Waals surface area contributed by atoms with E-state index < -0.39 is 0 Å². The van der Waals surface area contributed by atoms with Gasteiger partial charge in [-0.2, -0.15) is 0 Å². The molecule has 0 N–H and O–H groups in total. The second-order valence-electron chi connectivity index (χ2n) is 8.30. The van der Waals surface area contributed by atoms with Crippen molar-refractivity contribution in [1.82, 2.24) is 4.90 Å². The third-order valence-electron chi connectivity index (χ3n) is 6.23. The Balaban J connectivity index is 1.77. The van der Waals surface area contributed by atoms with Crippen molar-refractivity contribution in [1.29, 1.82) is 0 Å². The summed E-state index contributed by atoms with van der Waals surface area (Å²) in [5.74, 6) is 1.81. The third kappa shape index (κ3) is 5.13. The van der Waals surface area contributed by atoms with E-state index in [-0.39, 0.29) is 0 Å². The van der Waals surface area contributed by atoms with Gasteiger partial charge in [0.15, 0.2) is 0 Å². The van der Waals surface area contributed by atoms with Crippen molar-refractivity contribution in [2.24, 2.45) is 17.3 Å². The van der Waals surface area contributed by atoms with Crippen LogP contribution < -0.4 is 0 Å². The number of hydrogen-bond donors (Lipinski definition) is 0. The summed E-state index contributed by atoms with van der Waals surface area (Å²) < 4.78 is 0. The second-order valence-corrected chi connectivity index (χ2v) is 8.30. The highest BCUT2D eigenvalue weighted by molar-refractivity contribution is 5.05. The Morgan fingerprint density at radius 1 is 1.05 bits per heavy atom. The zero-order valence-electron chi connectivity index (χ0n) is 15.0. The van der Waals surface area contributed by atoms with Gasteiger partial charge in [-0.05, 0) is 75.8 Å². The molecule has 0 unspecified atom stereocenters. The third-order valence-corrected chi connectivity index (χ3v) is 6.23. The van der Waals surface area contributed by atoms with Gasteiger partial charge in [-0.25, -0.2) is 0 Å². The molecule has 1 saturated carbocycles. The first-order chi connectivity index (χ1) is 10.0. The average molecular weight is 292 g/mol. The largest absolute Gasteiger partial charge is 0.299 e. The first kappa shape index (κ1) is 17.1. The van der Waals surface area contributed by atoms with E-state index in [1.54, 1.807) is 5.57 Å². The molecule has 2 fully saturated rings. The summed E-state index contributed by atoms with van der Waals surface area (Å²) in [6, 6.07) is 0. The molecule has 0 aromatic heterocycles. The fraction of sp³-hybridized carbons (Fsp3) is 0.900. The lowest BCUT2D eigenvalue weighted by molar-refractivity contribution is 0.138. The van der Waals surface area contributed by atoms with Gasteiger partial charge in [-0.3, -0.25) is 4.90 Å². The number of nitrogens with zero attached hydrogens (tertiary/aromatic N) is 1. The molecule has 0 amide bonds. The molecular weight excluding hydrogens is 254 g/mol. The maximum absolute atomic E-state index is 2.65. The Hall–Kier alpha value is -0.300. The van der Waals surface area contributed by atoms with Gasteiger partial charge < -0.3 is 0 Å². The Kier molecular flexibility index (Phi) is 6.34. The summed E-state index contributed by atoms with van der Waals surface area (Å²) in [6.45, 7) is 13.5. The van der Waals surface area contributed by atoms with Gasteiger partial charge in [0.2, 0.25) is 0 Å². The summed E-state index contributed by atoms with van der Waals surface area (Å²) in [5.41, 5.74) is 2.17. The van der Waals surface area contributed by atoms with Gasteiger partial charge in [-0.15, -0.1) is 0 Å². The minimum atomic E-state index is 0.553. The molecule has 1 saturated heterocycles. The molecule has 0 aromatic carbocycles. The molecule has 0 bridgehead atoms. The van der Waals surface area contributed by atoms with Crippen molar-refractivity contribution in [2.45, 2.75) is 79.1 Å². The molecule has 1 nitrogen and oxygen atoms in total. The molecule has 2 aliphatic rings. The SMILES string of the molecule is CCC(C)(C)C1CCC(C=C(C)CN2CCCCC2)CC1. The molecular formula is C20H37N. The van der Waals surface area contributed by atoms with Crippen molar-refractivity contribution >= 4 is 0 Å². The van der Waals surface area contributed by atoms with Crippen LogP contribution in [0.2, 0.25) is 0 Å². The fourth-order valence-corrected chi connectivity index (χ4v) is 4.28. The van der Waals surface area contributed by atoms with Gasteiger partial charge in [0.1, 0.15) is 0 Å².